The number of carboxylic acid groups (broad SMARTS) is 1. The lowest BCUT2D eigenvalue weighted by Gasteiger charge is -2.03. The maximum atomic E-state index is 10.5. The van der Waals surface area contributed by atoms with Crippen molar-refractivity contribution in [1.29, 1.82) is 0 Å². The van der Waals surface area contributed by atoms with Gasteiger partial charge in [0.25, 0.3) is 0 Å². The van der Waals surface area contributed by atoms with E-state index in [0.29, 0.717) is 19.8 Å². The minimum Gasteiger partial charge on any atom is -0.476 e. The molecule has 1 rings (SSSR count). The number of aromatic nitrogens is 1. The van der Waals surface area contributed by atoms with Crippen LogP contribution < -0.4 is 4.74 Å². The number of methoxy groups -OCH3 is 1. The first kappa shape index (κ1) is 13.5. The molecule has 0 saturated carbocycles. The van der Waals surface area contributed by atoms with E-state index in [1.54, 1.807) is 7.11 Å². The van der Waals surface area contributed by atoms with Crippen LogP contribution >= 0.6 is 0 Å². The molecule has 0 atom stereocenters. The van der Waals surface area contributed by atoms with Gasteiger partial charge in [-0.3, -0.25) is 0 Å². The van der Waals surface area contributed by atoms with Crippen LogP contribution in [0.2, 0.25) is 0 Å². The molecule has 0 aliphatic rings. The number of hydrogen-bond acceptors (Lipinski definition) is 6. The minimum atomic E-state index is -1.15. The fourth-order valence-corrected chi connectivity index (χ4v) is 1.02. The largest absolute Gasteiger partial charge is 0.476 e. The van der Waals surface area contributed by atoms with Gasteiger partial charge in [-0.05, 0) is 6.42 Å². The van der Waals surface area contributed by atoms with Crippen molar-refractivity contribution in [2.24, 2.45) is 0 Å². The van der Waals surface area contributed by atoms with Crippen LogP contribution in [0.15, 0.2) is 10.7 Å². The van der Waals surface area contributed by atoms with E-state index in [9.17, 15) is 4.79 Å². The molecule has 0 amide bonds. The van der Waals surface area contributed by atoms with E-state index in [1.165, 1.54) is 0 Å². The van der Waals surface area contributed by atoms with E-state index < -0.39 is 5.97 Å². The van der Waals surface area contributed by atoms with Crippen molar-refractivity contribution in [3.63, 3.8) is 0 Å². The van der Waals surface area contributed by atoms with Crippen molar-refractivity contribution in [1.82, 2.24) is 4.98 Å². The Kier molecular flexibility index (Phi) is 6.05. The van der Waals surface area contributed by atoms with Crippen LogP contribution in [0, 0.1) is 0 Å². The lowest BCUT2D eigenvalue weighted by molar-refractivity contribution is 0.0688. The van der Waals surface area contributed by atoms with Gasteiger partial charge >= 0.3 is 12.0 Å². The summed E-state index contributed by atoms with van der Waals surface area (Å²) in [5.74, 6) is -1.15. The fourth-order valence-electron chi connectivity index (χ4n) is 1.02. The Balaban J connectivity index is 2.07. The minimum absolute atomic E-state index is 0.0668. The summed E-state index contributed by atoms with van der Waals surface area (Å²) in [6.45, 7) is 1.88. The Labute approximate surface area is 98.3 Å². The zero-order valence-corrected chi connectivity index (χ0v) is 9.55. The third kappa shape index (κ3) is 5.32. The second kappa shape index (κ2) is 7.64. The maximum absolute atomic E-state index is 10.5. The van der Waals surface area contributed by atoms with Gasteiger partial charge in [0.2, 0.25) is 0 Å². The van der Waals surface area contributed by atoms with Gasteiger partial charge in [0.1, 0.15) is 12.9 Å². The Hall–Kier alpha value is -1.60. The highest BCUT2D eigenvalue weighted by Gasteiger charge is 2.10. The predicted molar refractivity (Wildman–Crippen MR) is 56.3 cm³/mol. The number of carbonyl (C=O) groups is 1. The second-order valence-corrected chi connectivity index (χ2v) is 3.11. The van der Waals surface area contributed by atoms with Crippen LogP contribution in [0.1, 0.15) is 16.9 Å². The highest BCUT2D eigenvalue weighted by molar-refractivity contribution is 5.84. The Morgan fingerprint density at radius 3 is 2.88 bits per heavy atom. The molecule has 1 aromatic heterocycles. The molecule has 96 valence electrons. The van der Waals surface area contributed by atoms with E-state index in [4.69, 9.17) is 23.7 Å². The first-order chi connectivity index (χ1) is 8.24. The fraction of sp³-hybridized carbons (Fsp3) is 0.600. The van der Waals surface area contributed by atoms with E-state index in [2.05, 4.69) is 4.98 Å². The molecule has 0 bridgehead atoms. The van der Waals surface area contributed by atoms with Gasteiger partial charge in [-0.2, -0.15) is 4.98 Å². The number of aromatic carboxylic acids is 1. The van der Waals surface area contributed by atoms with Crippen molar-refractivity contribution in [3.05, 3.63) is 12.0 Å². The zero-order chi connectivity index (χ0) is 12.5. The summed E-state index contributed by atoms with van der Waals surface area (Å²) in [5.41, 5.74) is -0.180. The molecule has 0 saturated heterocycles. The van der Waals surface area contributed by atoms with Crippen molar-refractivity contribution in [2.45, 2.75) is 6.42 Å². The molecule has 1 N–H and O–H groups in total. The maximum Gasteiger partial charge on any atom is 0.394 e. The molecular weight excluding hydrogens is 230 g/mol. The van der Waals surface area contributed by atoms with Gasteiger partial charge in [-0.15, -0.1) is 0 Å². The van der Waals surface area contributed by atoms with E-state index in [-0.39, 0.29) is 18.4 Å². The van der Waals surface area contributed by atoms with Crippen LogP contribution in [0.25, 0.3) is 0 Å². The van der Waals surface area contributed by atoms with Crippen LogP contribution in [-0.2, 0) is 9.47 Å². The summed E-state index contributed by atoms with van der Waals surface area (Å²) in [5, 5.41) is 8.58. The molecule has 0 radical (unpaired) electrons. The first-order valence-corrected chi connectivity index (χ1v) is 5.12. The Morgan fingerprint density at radius 2 is 2.24 bits per heavy atom. The SMILES string of the molecule is COCCCOCCOc1nc(C(=O)O)co1. The summed E-state index contributed by atoms with van der Waals surface area (Å²) in [7, 11) is 1.63. The molecule has 1 heterocycles. The molecule has 0 spiro atoms. The summed E-state index contributed by atoms with van der Waals surface area (Å²) >= 11 is 0. The van der Waals surface area contributed by atoms with Crippen LogP contribution in [0.5, 0.6) is 6.08 Å². The second-order valence-electron chi connectivity index (χ2n) is 3.11. The summed E-state index contributed by atoms with van der Waals surface area (Å²) in [4.78, 5) is 14.1. The number of oxazole rings is 1. The first-order valence-electron chi connectivity index (χ1n) is 5.12. The highest BCUT2D eigenvalue weighted by Crippen LogP contribution is 2.09. The third-order valence-corrected chi connectivity index (χ3v) is 1.79. The van der Waals surface area contributed by atoms with Crippen LogP contribution in [-0.4, -0.2) is 49.6 Å². The lowest BCUT2D eigenvalue weighted by atomic mass is 10.5. The van der Waals surface area contributed by atoms with Crippen LogP contribution in [0.4, 0.5) is 0 Å². The van der Waals surface area contributed by atoms with Gasteiger partial charge in [-0.1, -0.05) is 0 Å². The smallest absolute Gasteiger partial charge is 0.394 e. The standard InChI is InChI=1S/C10H15NO6/c1-14-3-2-4-15-5-6-16-10-11-8(7-17-10)9(12)13/h7H,2-6H2,1H3,(H,12,13). The zero-order valence-electron chi connectivity index (χ0n) is 9.55. The van der Waals surface area contributed by atoms with Crippen LogP contribution in [0.3, 0.4) is 0 Å². The highest BCUT2D eigenvalue weighted by atomic mass is 16.6. The molecule has 0 fully saturated rings. The molecule has 0 aliphatic carbocycles. The van der Waals surface area contributed by atoms with Gasteiger partial charge in [0.05, 0.1) is 6.61 Å². The molecular formula is C10H15NO6. The normalized spacial score (nSPS) is 10.4. The van der Waals surface area contributed by atoms with E-state index >= 15 is 0 Å². The van der Waals surface area contributed by atoms with Gasteiger partial charge in [-0.25, -0.2) is 4.79 Å². The molecule has 0 unspecified atom stereocenters. The number of rotatable bonds is 9. The molecule has 1 aromatic rings. The van der Waals surface area contributed by atoms with Gasteiger partial charge in [0, 0.05) is 20.3 Å². The molecule has 0 aromatic carbocycles. The number of carboxylic acids is 1. The van der Waals surface area contributed by atoms with Gasteiger partial charge in [0.15, 0.2) is 5.69 Å². The number of ether oxygens (including phenoxy) is 3. The molecule has 0 aliphatic heterocycles. The molecule has 17 heavy (non-hydrogen) atoms. The Bertz CT molecular complexity index is 337. The average Bonchev–Trinajstić information content (AvgIpc) is 2.77. The molecule has 7 nitrogen and oxygen atoms in total. The van der Waals surface area contributed by atoms with Crippen molar-refractivity contribution < 1.29 is 28.5 Å². The average molecular weight is 245 g/mol. The van der Waals surface area contributed by atoms with Crippen molar-refractivity contribution in [3.8, 4) is 6.08 Å². The summed E-state index contributed by atoms with van der Waals surface area (Å²) < 4.78 is 19.9. The number of nitrogens with zero attached hydrogens (tertiary/aromatic N) is 1. The summed E-state index contributed by atoms with van der Waals surface area (Å²) in [6.07, 6.45) is 1.78. The monoisotopic (exact) mass is 245 g/mol. The van der Waals surface area contributed by atoms with Crippen molar-refractivity contribution >= 4 is 5.97 Å². The third-order valence-electron chi connectivity index (χ3n) is 1.79. The van der Waals surface area contributed by atoms with Gasteiger partial charge < -0.3 is 23.7 Å². The Morgan fingerprint density at radius 1 is 1.41 bits per heavy atom. The predicted octanol–water partition coefficient (Wildman–Crippen LogP) is 0.805. The van der Waals surface area contributed by atoms with E-state index in [0.717, 1.165) is 12.7 Å². The molecule has 7 heteroatoms. The summed E-state index contributed by atoms with van der Waals surface area (Å²) in [6, 6.07) is 0. The van der Waals surface area contributed by atoms with E-state index in [1.807, 2.05) is 0 Å². The quantitative estimate of drug-likeness (QED) is 0.643. The van der Waals surface area contributed by atoms with Crippen molar-refractivity contribution in [2.75, 3.05) is 33.5 Å². The number of hydrogen-bond donors (Lipinski definition) is 1. The topological polar surface area (TPSA) is 91.0 Å². The lowest BCUT2D eigenvalue weighted by Crippen LogP contribution is -2.08.